The molecular weight excluding hydrogens is 310 g/mol. The van der Waals surface area contributed by atoms with Gasteiger partial charge in [0.2, 0.25) is 11.8 Å². The lowest BCUT2D eigenvalue weighted by Gasteiger charge is -2.25. The van der Waals surface area contributed by atoms with Gasteiger partial charge in [0.1, 0.15) is 12.1 Å². The standard InChI is InChI=1S/C16H25N5O3/c1-18-14(22)11-5-2-3-7-19-16(24)21-8-4-6-13(21)15(23)20-12(9-11)10-17/h11-13H,2-9H2,1H3,(H,18,22)(H,19,24)(H,20,23). The molecule has 0 aromatic carbocycles. The van der Waals surface area contributed by atoms with Gasteiger partial charge in [-0.15, -0.1) is 0 Å². The quantitative estimate of drug-likeness (QED) is 0.630. The van der Waals surface area contributed by atoms with Gasteiger partial charge < -0.3 is 20.9 Å². The smallest absolute Gasteiger partial charge is 0.318 e. The molecule has 4 amide bonds. The van der Waals surface area contributed by atoms with Crippen LogP contribution in [0.3, 0.4) is 0 Å². The number of urea groups is 1. The molecule has 24 heavy (non-hydrogen) atoms. The summed E-state index contributed by atoms with van der Waals surface area (Å²) in [6.45, 7) is 1.06. The Morgan fingerprint density at radius 3 is 2.79 bits per heavy atom. The average molecular weight is 335 g/mol. The molecule has 3 unspecified atom stereocenters. The van der Waals surface area contributed by atoms with Gasteiger partial charge in [0.15, 0.2) is 0 Å². The summed E-state index contributed by atoms with van der Waals surface area (Å²) in [5.41, 5.74) is 0. The van der Waals surface area contributed by atoms with Crippen LogP contribution in [0.15, 0.2) is 0 Å². The van der Waals surface area contributed by atoms with Gasteiger partial charge in [-0.2, -0.15) is 5.26 Å². The van der Waals surface area contributed by atoms with Crippen LogP contribution in [0.4, 0.5) is 4.79 Å². The highest BCUT2D eigenvalue weighted by Gasteiger charge is 2.35. The van der Waals surface area contributed by atoms with Crippen molar-refractivity contribution in [2.24, 2.45) is 5.92 Å². The highest BCUT2D eigenvalue weighted by atomic mass is 16.2. The number of amides is 4. The normalized spacial score (nSPS) is 29.0. The number of nitriles is 1. The van der Waals surface area contributed by atoms with Crippen LogP contribution in [0, 0.1) is 17.2 Å². The van der Waals surface area contributed by atoms with Crippen molar-refractivity contribution in [2.75, 3.05) is 20.1 Å². The summed E-state index contributed by atoms with van der Waals surface area (Å²) in [6, 6.07) is 0.566. The molecule has 2 heterocycles. The first kappa shape index (κ1) is 18.0. The van der Waals surface area contributed by atoms with E-state index in [-0.39, 0.29) is 30.2 Å². The Balaban J connectivity index is 2.15. The van der Waals surface area contributed by atoms with Crippen LogP contribution in [0.5, 0.6) is 0 Å². The Hall–Kier alpha value is -2.30. The lowest BCUT2D eigenvalue weighted by molar-refractivity contribution is -0.127. The molecule has 0 saturated carbocycles. The Morgan fingerprint density at radius 1 is 1.29 bits per heavy atom. The number of fused-ring (bicyclic) bond motifs is 1. The number of nitrogens with one attached hydrogen (secondary N) is 3. The molecule has 2 aliphatic heterocycles. The Morgan fingerprint density at radius 2 is 2.08 bits per heavy atom. The molecule has 132 valence electrons. The van der Waals surface area contributed by atoms with E-state index in [9.17, 15) is 19.6 Å². The third kappa shape index (κ3) is 4.37. The van der Waals surface area contributed by atoms with Crippen LogP contribution >= 0.6 is 0 Å². The number of carbonyl (C=O) groups excluding carboxylic acids is 3. The first-order chi connectivity index (χ1) is 11.6. The number of rotatable bonds is 1. The summed E-state index contributed by atoms with van der Waals surface area (Å²) in [5, 5.41) is 17.5. The summed E-state index contributed by atoms with van der Waals surface area (Å²) >= 11 is 0. The van der Waals surface area contributed by atoms with E-state index in [2.05, 4.69) is 22.0 Å². The molecule has 0 aromatic rings. The largest absolute Gasteiger partial charge is 0.359 e. The minimum Gasteiger partial charge on any atom is -0.359 e. The van der Waals surface area contributed by atoms with Crippen molar-refractivity contribution < 1.29 is 14.4 Å². The fourth-order valence-electron chi connectivity index (χ4n) is 3.35. The first-order valence-corrected chi connectivity index (χ1v) is 8.53. The monoisotopic (exact) mass is 335 g/mol. The number of hydrogen-bond acceptors (Lipinski definition) is 4. The van der Waals surface area contributed by atoms with Gasteiger partial charge in [-0.3, -0.25) is 9.59 Å². The van der Waals surface area contributed by atoms with Gasteiger partial charge in [-0.25, -0.2) is 4.79 Å². The predicted octanol–water partition coefficient (Wildman–Crippen LogP) is 0.105. The molecule has 2 saturated heterocycles. The van der Waals surface area contributed by atoms with Gasteiger partial charge in [0.25, 0.3) is 0 Å². The van der Waals surface area contributed by atoms with Crippen molar-refractivity contribution in [3.8, 4) is 6.07 Å². The van der Waals surface area contributed by atoms with Crippen molar-refractivity contribution in [3.05, 3.63) is 0 Å². The van der Waals surface area contributed by atoms with Crippen molar-refractivity contribution in [3.63, 3.8) is 0 Å². The van der Waals surface area contributed by atoms with E-state index in [1.54, 1.807) is 7.05 Å². The summed E-state index contributed by atoms with van der Waals surface area (Å²) < 4.78 is 0. The highest BCUT2D eigenvalue weighted by molar-refractivity contribution is 5.88. The van der Waals surface area contributed by atoms with Crippen molar-refractivity contribution in [1.82, 2.24) is 20.9 Å². The maximum Gasteiger partial charge on any atom is 0.318 e. The van der Waals surface area contributed by atoms with Crippen LogP contribution < -0.4 is 16.0 Å². The third-order valence-corrected chi connectivity index (χ3v) is 4.68. The molecule has 3 atom stereocenters. The molecule has 2 fully saturated rings. The maximum absolute atomic E-state index is 12.5. The van der Waals surface area contributed by atoms with E-state index in [1.165, 1.54) is 4.90 Å². The van der Waals surface area contributed by atoms with Crippen LogP contribution in [-0.2, 0) is 9.59 Å². The van der Waals surface area contributed by atoms with Gasteiger partial charge in [0, 0.05) is 26.1 Å². The summed E-state index contributed by atoms with van der Waals surface area (Å²) in [4.78, 5) is 38.3. The number of nitrogens with zero attached hydrogens (tertiary/aromatic N) is 2. The van der Waals surface area contributed by atoms with E-state index in [1.807, 2.05) is 0 Å². The zero-order chi connectivity index (χ0) is 17.5. The molecule has 0 bridgehead atoms. The molecule has 2 rings (SSSR count). The average Bonchev–Trinajstić information content (AvgIpc) is 3.07. The number of carbonyl (C=O) groups is 3. The second kappa shape index (κ2) is 8.52. The van der Waals surface area contributed by atoms with Crippen LogP contribution in [0.2, 0.25) is 0 Å². The lowest BCUT2D eigenvalue weighted by atomic mass is 9.93. The second-order valence-electron chi connectivity index (χ2n) is 6.32. The van der Waals surface area contributed by atoms with Crippen LogP contribution in [-0.4, -0.2) is 55.0 Å². The van der Waals surface area contributed by atoms with E-state index in [4.69, 9.17) is 0 Å². The zero-order valence-corrected chi connectivity index (χ0v) is 14.0. The van der Waals surface area contributed by atoms with Crippen LogP contribution in [0.1, 0.15) is 38.5 Å². The van der Waals surface area contributed by atoms with E-state index in [0.717, 1.165) is 19.3 Å². The summed E-state index contributed by atoms with van der Waals surface area (Å²) in [6.07, 6.45) is 3.80. The molecule has 8 nitrogen and oxygen atoms in total. The minimum atomic E-state index is -0.730. The molecular formula is C16H25N5O3. The zero-order valence-electron chi connectivity index (χ0n) is 14.0. The molecule has 0 spiro atoms. The Bertz CT molecular complexity index is 530. The topological polar surface area (TPSA) is 114 Å². The summed E-state index contributed by atoms with van der Waals surface area (Å²) in [7, 11) is 1.57. The fourth-order valence-corrected chi connectivity index (χ4v) is 3.35. The van der Waals surface area contributed by atoms with Gasteiger partial charge in [-0.1, -0.05) is 6.42 Å². The van der Waals surface area contributed by atoms with Gasteiger partial charge in [-0.05, 0) is 32.1 Å². The molecule has 2 aliphatic rings. The molecule has 0 aliphatic carbocycles. The SMILES string of the molecule is CNC(=O)C1CCCCNC(=O)N2CCCC2C(=O)NC(C#N)C1. The fraction of sp³-hybridized carbons (Fsp3) is 0.750. The molecule has 0 radical (unpaired) electrons. The first-order valence-electron chi connectivity index (χ1n) is 8.53. The van der Waals surface area contributed by atoms with Crippen molar-refractivity contribution in [2.45, 2.75) is 50.6 Å². The van der Waals surface area contributed by atoms with Crippen molar-refractivity contribution in [1.29, 1.82) is 5.26 Å². The van der Waals surface area contributed by atoms with Crippen molar-refractivity contribution >= 4 is 17.8 Å². The van der Waals surface area contributed by atoms with E-state index >= 15 is 0 Å². The van der Waals surface area contributed by atoms with E-state index < -0.39 is 12.1 Å². The minimum absolute atomic E-state index is 0.120. The van der Waals surface area contributed by atoms with Gasteiger partial charge >= 0.3 is 6.03 Å². The predicted molar refractivity (Wildman–Crippen MR) is 86.7 cm³/mol. The Labute approximate surface area is 141 Å². The summed E-state index contributed by atoms with van der Waals surface area (Å²) in [5.74, 6) is -0.758. The van der Waals surface area contributed by atoms with Gasteiger partial charge in [0.05, 0.1) is 6.07 Å². The molecule has 0 aromatic heterocycles. The number of hydrogen-bond donors (Lipinski definition) is 3. The molecule has 8 heteroatoms. The maximum atomic E-state index is 12.5. The van der Waals surface area contributed by atoms with E-state index in [0.29, 0.717) is 25.9 Å². The second-order valence-corrected chi connectivity index (χ2v) is 6.32. The lowest BCUT2D eigenvalue weighted by Crippen LogP contribution is -2.51. The third-order valence-electron chi connectivity index (χ3n) is 4.68. The van der Waals surface area contributed by atoms with Crippen LogP contribution in [0.25, 0.3) is 0 Å². The highest BCUT2D eigenvalue weighted by Crippen LogP contribution is 2.20. The molecule has 3 N–H and O–H groups in total. The Kier molecular flexibility index (Phi) is 6.41.